The molecule has 1 heterocycles. The number of benzene rings is 1. The smallest absolute Gasteiger partial charge is 0.315 e. The van der Waals surface area contributed by atoms with Crippen molar-refractivity contribution in [1.82, 2.24) is 16.0 Å². The zero-order chi connectivity index (χ0) is 14.5. The fourth-order valence-corrected chi connectivity index (χ4v) is 2.05. The molecule has 0 radical (unpaired) electrons. The van der Waals surface area contributed by atoms with Gasteiger partial charge in [0.15, 0.2) is 0 Å². The van der Waals surface area contributed by atoms with E-state index in [-0.39, 0.29) is 18.0 Å². The molecule has 1 aromatic rings. The highest BCUT2D eigenvalue weighted by Crippen LogP contribution is 2.19. The molecule has 1 aliphatic rings. The molecule has 3 N–H and O–H groups in total. The van der Waals surface area contributed by atoms with E-state index in [0.717, 1.165) is 11.3 Å². The predicted octanol–water partition coefficient (Wildman–Crippen LogP) is 0.944. The van der Waals surface area contributed by atoms with E-state index in [1.807, 2.05) is 38.1 Å². The van der Waals surface area contributed by atoms with Crippen molar-refractivity contribution in [2.45, 2.75) is 25.9 Å². The summed E-state index contributed by atoms with van der Waals surface area (Å²) in [6.45, 7) is 4.74. The van der Waals surface area contributed by atoms with Crippen LogP contribution in [-0.4, -0.2) is 31.1 Å². The Morgan fingerprint density at radius 1 is 1.55 bits per heavy atom. The lowest BCUT2D eigenvalue weighted by Crippen LogP contribution is -2.43. The molecule has 6 nitrogen and oxygen atoms in total. The summed E-state index contributed by atoms with van der Waals surface area (Å²) in [4.78, 5) is 23.0. The van der Waals surface area contributed by atoms with Crippen LogP contribution >= 0.6 is 0 Å². The largest absolute Gasteiger partial charge is 0.494 e. The summed E-state index contributed by atoms with van der Waals surface area (Å²) in [5.74, 6) is 0.583. The first-order valence-electron chi connectivity index (χ1n) is 6.67. The fraction of sp³-hybridized carbons (Fsp3) is 0.429. The number of nitrogens with one attached hydrogen (secondary N) is 3. The molecular weight excluding hydrogens is 258 g/mol. The molecule has 0 aliphatic carbocycles. The van der Waals surface area contributed by atoms with Crippen molar-refractivity contribution in [3.8, 4) is 5.75 Å². The minimum Gasteiger partial charge on any atom is -0.494 e. The van der Waals surface area contributed by atoms with E-state index in [2.05, 4.69) is 16.0 Å². The van der Waals surface area contributed by atoms with Gasteiger partial charge in [-0.25, -0.2) is 4.79 Å². The molecule has 0 unspecified atom stereocenters. The van der Waals surface area contributed by atoms with Crippen LogP contribution in [-0.2, 0) is 4.79 Å². The van der Waals surface area contributed by atoms with Gasteiger partial charge in [-0.15, -0.1) is 0 Å². The second kappa shape index (κ2) is 6.27. The lowest BCUT2D eigenvalue weighted by Gasteiger charge is -2.17. The van der Waals surface area contributed by atoms with Crippen molar-refractivity contribution in [1.29, 1.82) is 0 Å². The molecule has 0 saturated carbocycles. The maximum absolute atomic E-state index is 12.0. The van der Waals surface area contributed by atoms with E-state index in [9.17, 15) is 9.59 Å². The average molecular weight is 277 g/mol. The number of hydrogen-bond acceptors (Lipinski definition) is 3. The number of hydrogen-bond donors (Lipinski definition) is 3. The maximum atomic E-state index is 12.0. The number of rotatable bonds is 5. The van der Waals surface area contributed by atoms with Gasteiger partial charge in [-0.3, -0.25) is 4.79 Å². The van der Waals surface area contributed by atoms with E-state index in [1.165, 1.54) is 0 Å². The van der Waals surface area contributed by atoms with Crippen molar-refractivity contribution in [3.05, 3.63) is 29.8 Å². The summed E-state index contributed by atoms with van der Waals surface area (Å²) in [6, 6.07) is 6.63. The van der Waals surface area contributed by atoms with E-state index in [0.29, 0.717) is 13.2 Å². The first-order valence-corrected chi connectivity index (χ1v) is 6.67. The van der Waals surface area contributed by atoms with Gasteiger partial charge in [-0.2, -0.15) is 0 Å². The quantitative estimate of drug-likeness (QED) is 0.749. The predicted molar refractivity (Wildman–Crippen MR) is 74.5 cm³/mol. The molecule has 1 fully saturated rings. The number of ether oxygens (including phenoxy) is 1. The number of amides is 3. The van der Waals surface area contributed by atoms with Crippen LogP contribution in [0.1, 0.15) is 25.5 Å². The third-order valence-corrected chi connectivity index (χ3v) is 3.12. The van der Waals surface area contributed by atoms with Crippen molar-refractivity contribution >= 4 is 11.9 Å². The second-order valence-corrected chi connectivity index (χ2v) is 4.64. The minimum atomic E-state index is -0.514. The van der Waals surface area contributed by atoms with Gasteiger partial charge in [-0.05, 0) is 31.5 Å². The van der Waals surface area contributed by atoms with E-state index in [4.69, 9.17) is 4.74 Å². The number of urea groups is 1. The summed E-state index contributed by atoms with van der Waals surface area (Å²) in [5.41, 5.74) is 0.960. The molecule has 1 aliphatic heterocycles. The van der Waals surface area contributed by atoms with Gasteiger partial charge in [0.25, 0.3) is 0 Å². The molecular formula is C14H19N3O3. The Labute approximate surface area is 117 Å². The summed E-state index contributed by atoms with van der Waals surface area (Å²) in [5, 5.41) is 7.99. The number of carbonyl (C=O) groups is 2. The fourth-order valence-electron chi connectivity index (χ4n) is 2.05. The minimum absolute atomic E-state index is 0.152. The van der Waals surface area contributed by atoms with Crippen molar-refractivity contribution in [2.75, 3.05) is 13.2 Å². The normalized spacial score (nSPS) is 18.9. The Morgan fingerprint density at radius 2 is 2.35 bits per heavy atom. The number of carbonyl (C=O) groups excluding carboxylic acids is 2. The van der Waals surface area contributed by atoms with Crippen LogP contribution in [0.2, 0.25) is 0 Å². The van der Waals surface area contributed by atoms with Gasteiger partial charge < -0.3 is 20.7 Å². The van der Waals surface area contributed by atoms with Gasteiger partial charge in [0, 0.05) is 6.54 Å². The van der Waals surface area contributed by atoms with E-state index >= 15 is 0 Å². The molecule has 108 valence electrons. The van der Waals surface area contributed by atoms with Crippen LogP contribution in [0.3, 0.4) is 0 Å². The molecule has 1 saturated heterocycles. The molecule has 0 bridgehead atoms. The monoisotopic (exact) mass is 277 g/mol. The standard InChI is InChI=1S/C14H19N3O3/c1-3-20-11-6-4-5-10(7-11)9(2)16-13(18)12-8-15-14(19)17-12/h4-7,9,12H,3,8H2,1-2H3,(H,16,18)(H2,15,17,19)/t9-,12-/m0/s1. The Hall–Kier alpha value is -2.24. The van der Waals surface area contributed by atoms with Crippen LogP contribution in [0.25, 0.3) is 0 Å². The topological polar surface area (TPSA) is 79.5 Å². The third-order valence-electron chi connectivity index (χ3n) is 3.12. The van der Waals surface area contributed by atoms with E-state index in [1.54, 1.807) is 0 Å². The first kappa shape index (κ1) is 14.2. The van der Waals surface area contributed by atoms with Gasteiger partial charge in [-0.1, -0.05) is 12.1 Å². The zero-order valence-electron chi connectivity index (χ0n) is 11.6. The molecule has 6 heteroatoms. The third kappa shape index (κ3) is 3.40. The Bertz CT molecular complexity index is 504. The van der Waals surface area contributed by atoms with Crippen LogP contribution in [0.4, 0.5) is 4.79 Å². The summed E-state index contributed by atoms with van der Waals surface area (Å²) >= 11 is 0. The highest BCUT2D eigenvalue weighted by atomic mass is 16.5. The summed E-state index contributed by atoms with van der Waals surface area (Å²) < 4.78 is 5.44. The molecule has 2 atom stereocenters. The van der Waals surface area contributed by atoms with Gasteiger partial charge in [0.05, 0.1) is 12.6 Å². The molecule has 0 spiro atoms. The maximum Gasteiger partial charge on any atom is 0.315 e. The summed E-state index contributed by atoms with van der Waals surface area (Å²) in [6.07, 6.45) is 0. The molecule has 3 amide bonds. The van der Waals surface area contributed by atoms with Gasteiger partial charge in [0.1, 0.15) is 11.8 Å². The van der Waals surface area contributed by atoms with Gasteiger partial charge >= 0.3 is 6.03 Å². The second-order valence-electron chi connectivity index (χ2n) is 4.64. The van der Waals surface area contributed by atoms with Crippen molar-refractivity contribution < 1.29 is 14.3 Å². The van der Waals surface area contributed by atoms with Crippen molar-refractivity contribution in [3.63, 3.8) is 0 Å². The van der Waals surface area contributed by atoms with Crippen LogP contribution in [0, 0.1) is 0 Å². The highest BCUT2D eigenvalue weighted by molar-refractivity contribution is 5.90. The summed E-state index contributed by atoms with van der Waals surface area (Å²) in [7, 11) is 0. The van der Waals surface area contributed by atoms with Crippen LogP contribution in [0.15, 0.2) is 24.3 Å². The highest BCUT2D eigenvalue weighted by Gasteiger charge is 2.27. The Balaban J connectivity index is 1.97. The molecule has 2 rings (SSSR count). The Morgan fingerprint density at radius 3 is 3.00 bits per heavy atom. The first-order chi connectivity index (χ1) is 9.60. The molecule has 20 heavy (non-hydrogen) atoms. The average Bonchev–Trinajstić information content (AvgIpc) is 2.86. The SMILES string of the molecule is CCOc1cccc([C@H](C)NC(=O)[C@@H]2CNC(=O)N2)c1. The molecule has 0 aromatic heterocycles. The Kier molecular flexibility index (Phi) is 4.45. The van der Waals surface area contributed by atoms with Gasteiger partial charge in [0.2, 0.25) is 5.91 Å². The van der Waals surface area contributed by atoms with Crippen molar-refractivity contribution in [2.24, 2.45) is 0 Å². The lowest BCUT2D eigenvalue weighted by molar-refractivity contribution is -0.123. The lowest BCUT2D eigenvalue weighted by atomic mass is 10.1. The zero-order valence-corrected chi connectivity index (χ0v) is 11.6. The molecule has 1 aromatic carbocycles. The van der Waals surface area contributed by atoms with E-state index < -0.39 is 6.04 Å². The van der Waals surface area contributed by atoms with Crippen LogP contribution < -0.4 is 20.7 Å². The van der Waals surface area contributed by atoms with Crippen LogP contribution in [0.5, 0.6) is 5.75 Å².